The number of rotatable bonds is 1. The van der Waals surface area contributed by atoms with Crippen molar-refractivity contribution < 1.29 is 0 Å². The third-order valence-electron chi connectivity index (χ3n) is 3.06. The van der Waals surface area contributed by atoms with Crippen LogP contribution < -0.4 is 5.73 Å². The van der Waals surface area contributed by atoms with Gasteiger partial charge in [-0.05, 0) is 43.2 Å². The summed E-state index contributed by atoms with van der Waals surface area (Å²) in [7, 11) is 0. The molecule has 0 aliphatic heterocycles. The maximum absolute atomic E-state index is 6.37. The summed E-state index contributed by atoms with van der Waals surface area (Å²) in [4.78, 5) is 8.66. The van der Waals surface area contributed by atoms with Gasteiger partial charge in [0.05, 0.1) is 10.7 Å². The SMILES string of the molecule is Cc1cc(C)c(-n2c(N)nc3cccnc32)c(Cl)c1. The van der Waals surface area contributed by atoms with Crippen LogP contribution in [0.4, 0.5) is 5.95 Å². The molecule has 0 radical (unpaired) electrons. The molecule has 0 atom stereocenters. The van der Waals surface area contributed by atoms with Crippen LogP contribution in [0.15, 0.2) is 30.5 Å². The summed E-state index contributed by atoms with van der Waals surface area (Å²) in [6, 6.07) is 7.70. The largest absolute Gasteiger partial charge is 0.369 e. The number of nitrogens with zero attached hydrogens (tertiary/aromatic N) is 3. The molecule has 0 unspecified atom stereocenters. The van der Waals surface area contributed by atoms with E-state index in [0.717, 1.165) is 22.3 Å². The first-order valence-corrected chi connectivity index (χ1v) is 6.32. The molecule has 5 heteroatoms. The standard InChI is InChI=1S/C14H13ClN4/c1-8-6-9(2)12(10(15)7-8)19-13-11(18-14(19)16)4-3-5-17-13/h3-7H,1-2H3,(H2,16,18). The van der Waals surface area contributed by atoms with Crippen LogP contribution in [0, 0.1) is 13.8 Å². The van der Waals surface area contributed by atoms with Gasteiger partial charge in [-0.3, -0.25) is 4.57 Å². The third kappa shape index (κ3) is 1.85. The molecule has 1 aromatic carbocycles. The minimum absolute atomic E-state index is 0.391. The first-order chi connectivity index (χ1) is 9.08. The van der Waals surface area contributed by atoms with Gasteiger partial charge >= 0.3 is 0 Å². The van der Waals surface area contributed by atoms with Crippen molar-refractivity contribution >= 4 is 28.7 Å². The van der Waals surface area contributed by atoms with Gasteiger partial charge < -0.3 is 5.73 Å². The number of aromatic nitrogens is 3. The number of imidazole rings is 1. The van der Waals surface area contributed by atoms with E-state index in [9.17, 15) is 0 Å². The normalized spacial score (nSPS) is 11.1. The van der Waals surface area contributed by atoms with E-state index in [2.05, 4.69) is 16.0 Å². The number of benzene rings is 1. The lowest BCUT2D eigenvalue weighted by atomic mass is 10.1. The highest BCUT2D eigenvalue weighted by molar-refractivity contribution is 6.32. The molecule has 0 bridgehead atoms. The summed E-state index contributed by atoms with van der Waals surface area (Å²) in [6.07, 6.45) is 1.72. The van der Waals surface area contributed by atoms with Crippen molar-refractivity contribution in [2.75, 3.05) is 5.73 Å². The lowest BCUT2D eigenvalue weighted by Crippen LogP contribution is -2.04. The van der Waals surface area contributed by atoms with Crippen LogP contribution >= 0.6 is 11.6 Å². The van der Waals surface area contributed by atoms with Gasteiger partial charge in [-0.1, -0.05) is 17.7 Å². The van der Waals surface area contributed by atoms with Crippen LogP contribution in [0.5, 0.6) is 0 Å². The fourth-order valence-electron chi connectivity index (χ4n) is 2.34. The third-order valence-corrected chi connectivity index (χ3v) is 3.35. The molecule has 0 aliphatic rings. The number of nitrogens with two attached hydrogens (primary N) is 1. The molecular weight excluding hydrogens is 260 g/mol. The molecule has 4 nitrogen and oxygen atoms in total. The van der Waals surface area contributed by atoms with Crippen molar-refractivity contribution in [1.82, 2.24) is 14.5 Å². The Bertz CT molecular complexity index is 753. The average Bonchev–Trinajstić information content (AvgIpc) is 2.65. The number of hydrogen-bond acceptors (Lipinski definition) is 3. The first kappa shape index (κ1) is 12.0. The first-order valence-electron chi connectivity index (χ1n) is 5.94. The highest BCUT2D eigenvalue weighted by Crippen LogP contribution is 2.30. The number of anilines is 1. The molecule has 0 fully saturated rings. The summed E-state index contributed by atoms with van der Waals surface area (Å²) in [6.45, 7) is 4.01. The zero-order valence-electron chi connectivity index (χ0n) is 10.7. The van der Waals surface area contributed by atoms with Crippen LogP contribution in [-0.2, 0) is 0 Å². The van der Waals surface area contributed by atoms with Crippen molar-refractivity contribution in [2.24, 2.45) is 0 Å². The molecule has 0 spiro atoms. The van der Waals surface area contributed by atoms with Crippen molar-refractivity contribution in [3.05, 3.63) is 46.6 Å². The highest BCUT2D eigenvalue weighted by Gasteiger charge is 2.15. The maximum atomic E-state index is 6.37. The summed E-state index contributed by atoms with van der Waals surface area (Å²) in [5.41, 5.74) is 10.5. The van der Waals surface area contributed by atoms with Crippen LogP contribution in [0.2, 0.25) is 5.02 Å². The molecule has 0 aliphatic carbocycles. The van der Waals surface area contributed by atoms with Gasteiger partial charge in [-0.15, -0.1) is 0 Å². The van der Waals surface area contributed by atoms with E-state index in [0.29, 0.717) is 16.6 Å². The highest BCUT2D eigenvalue weighted by atomic mass is 35.5. The smallest absolute Gasteiger partial charge is 0.207 e. The fraction of sp³-hybridized carbons (Fsp3) is 0.143. The van der Waals surface area contributed by atoms with E-state index >= 15 is 0 Å². The Hall–Kier alpha value is -2.07. The number of pyridine rings is 1. The quantitative estimate of drug-likeness (QED) is 0.740. The Labute approximate surface area is 115 Å². The lowest BCUT2D eigenvalue weighted by molar-refractivity contribution is 1.06. The monoisotopic (exact) mass is 272 g/mol. The van der Waals surface area contributed by atoms with Crippen molar-refractivity contribution in [3.63, 3.8) is 0 Å². The van der Waals surface area contributed by atoms with Crippen molar-refractivity contribution in [2.45, 2.75) is 13.8 Å². The predicted octanol–water partition coefficient (Wildman–Crippen LogP) is 3.27. The number of halogens is 1. The summed E-state index contributed by atoms with van der Waals surface area (Å²) >= 11 is 6.37. The van der Waals surface area contributed by atoms with Crippen molar-refractivity contribution in [3.8, 4) is 5.69 Å². The molecule has 0 saturated carbocycles. The fourth-order valence-corrected chi connectivity index (χ4v) is 2.75. The second kappa shape index (κ2) is 4.24. The Morgan fingerprint density at radius 1 is 1.26 bits per heavy atom. The Morgan fingerprint density at radius 3 is 2.79 bits per heavy atom. The van der Waals surface area contributed by atoms with Gasteiger partial charge in [-0.25, -0.2) is 9.97 Å². The summed E-state index contributed by atoms with van der Waals surface area (Å²) in [5.74, 6) is 0.391. The topological polar surface area (TPSA) is 56.7 Å². The van der Waals surface area contributed by atoms with Crippen molar-refractivity contribution in [1.29, 1.82) is 0 Å². The van der Waals surface area contributed by atoms with Gasteiger partial charge in [-0.2, -0.15) is 0 Å². The zero-order chi connectivity index (χ0) is 13.6. The number of fused-ring (bicyclic) bond motifs is 1. The zero-order valence-corrected chi connectivity index (χ0v) is 11.4. The molecular formula is C14H13ClN4. The average molecular weight is 273 g/mol. The molecule has 2 heterocycles. The van der Waals surface area contributed by atoms with E-state index in [4.69, 9.17) is 17.3 Å². The molecule has 2 aromatic heterocycles. The predicted molar refractivity (Wildman–Crippen MR) is 77.8 cm³/mol. The molecule has 96 valence electrons. The second-order valence-electron chi connectivity index (χ2n) is 4.56. The Morgan fingerprint density at radius 2 is 2.05 bits per heavy atom. The summed E-state index contributed by atoms with van der Waals surface area (Å²) < 4.78 is 1.80. The molecule has 0 amide bonds. The minimum Gasteiger partial charge on any atom is -0.369 e. The van der Waals surface area contributed by atoms with Gasteiger partial charge in [0.1, 0.15) is 5.52 Å². The molecule has 19 heavy (non-hydrogen) atoms. The van der Waals surface area contributed by atoms with E-state index in [-0.39, 0.29) is 0 Å². The van der Waals surface area contributed by atoms with Gasteiger partial charge in [0.2, 0.25) is 5.95 Å². The minimum atomic E-state index is 0.391. The van der Waals surface area contributed by atoms with E-state index < -0.39 is 0 Å². The Balaban J connectivity index is 2.40. The van der Waals surface area contributed by atoms with Gasteiger partial charge in [0.15, 0.2) is 5.65 Å². The second-order valence-corrected chi connectivity index (χ2v) is 4.97. The molecule has 0 saturated heterocycles. The van der Waals surface area contributed by atoms with E-state index in [1.165, 1.54) is 0 Å². The van der Waals surface area contributed by atoms with Gasteiger partial charge in [0.25, 0.3) is 0 Å². The number of hydrogen-bond donors (Lipinski definition) is 1. The van der Waals surface area contributed by atoms with Crippen LogP contribution in [0.25, 0.3) is 16.9 Å². The van der Waals surface area contributed by atoms with Crippen LogP contribution in [0.3, 0.4) is 0 Å². The molecule has 2 N–H and O–H groups in total. The van der Waals surface area contributed by atoms with Gasteiger partial charge in [0, 0.05) is 6.20 Å². The summed E-state index contributed by atoms with van der Waals surface area (Å²) in [5, 5.41) is 0.647. The maximum Gasteiger partial charge on any atom is 0.207 e. The Kier molecular flexibility index (Phi) is 2.68. The molecule has 3 aromatic rings. The lowest BCUT2D eigenvalue weighted by Gasteiger charge is -2.12. The van der Waals surface area contributed by atoms with E-state index in [1.807, 2.05) is 32.0 Å². The van der Waals surface area contributed by atoms with Crippen LogP contribution in [0.1, 0.15) is 11.1 Å². The number of nitrogen functional groups attached to an aromatic ring is 1. The van der Waals surface area contributed by atoms with E-state index in [1.54, 1.807) is 10.8 Å². The van der Waals surface area contributed by atoms with Crippen LogP contribution in [-0.4, -0.2) is 14.5 Å². The number of aryl methyl sites for hydroxylation is 2. The molecule has 3 rings (SSSR count).